The first kappa shape index (κ1) is 36.4. The van der Waals surface area contributed by atoms with Gasteiger partial charge in [0.2, 0.25) is 0 Å². The predicted octanol–water partition coefficient (Wildman–Crippen LogP) is 12.8. The Morgan fingerprint density at radius 2 is 0.590 bits per heavy atom. The highest BCUT2D eigenvalue weighted by molar-refractivity contribution is 4.97. The van der Waals surface area contributed by atoms with Gasteiger partial charge in [0.25, 0.3) is 0 Å². The van der Waals surface area contributed by atoms with Gasteiger partial charge in [-0.3, -0.25) is 0 Å². The minimum atomic E-state index is 0.641. The van der Waals surface area contributed by atoms with Gasteiger partial charge in [0.05, 0.1) is 0 Å². The van der Waals surface area contributed by atoms with Crippen molar-refractivity contribution in [2.75, 3.05) is 13.1 Å². The fourth-order valence-corrected chi connectivity index (χ4v) is 6.36. The molecule has 2 nitrogen and oxygen atoms in total. The van der Waals surface area contributed by atoms with Gasteiger partial charge in [-0.2, -0.15) is 0 Å². The summed E-state index contributed by atoms with van der Waals surface area (Å²) in [4.78, 5) is 5.42. The van der Waals surface area contributed by atoms with Gasteiger partial charge in [-0.15, -0.1) is 0 Å². The first-order chi connectivity index (χ1) is 19.3. The van der Waals surface area contributed by atoms with E-state index < -0.39 is 0 Å². The van der Waals surface area contributed by atoms with Crippen LogP contribution in [0.1, 0.15) is 207 Å². The van der Waals surface area contributed by atoms with Crippen molar-refractivity contribution in [1.29, 1.82) is 0 Å². The molecule has 1 aliphatic rings. The molecular weight excluding hydrogens is 472 g/mol. The molecule has 0 fully saturated rings. The van der Waals surface area contributed by atoms with Crippen molar-refractivity contribution in [3.05, 3.63) is 12.4 Å². The maximum atomic E-state index is 2.71. The highest BCUT2D eigenvalue weighted by Crippen LogP contribution is 2.24. The topological polar surface area (TPSA) is 6.48 Å². The zero-order valence-corrected chi connectivity index (χ0v) is 27.5. The Morgan fingerprint density at radius 3 is 0.897 bits per heavy atom. The minimum absolute atomic E-state index is 0.641. The van der Waals surface area contributed by atoms with Crippen LogP contribution in [-0.2, 0) is 0 Å². The van der Waals surface area contributed by atoms with Gasteiger partial charge in [-0.1, -0.05) is 181 Å². The Labute approximate surface area is 248 Å². The predicted molar refractivity (Wildman–Crippen MR) is 177 cm³/mol. The third kappa shape index (κ3) is 21.7. The SMILES string of the molecule is CCCCCCCCCCCCCCN1C=CN(CCCCCCCCCCC)C1CCCCCCCCC. The van der Waals surface area contributed by atoms with Gasteiger partial charge in [0.15, 0.2) is 0 Å². The van der Waals surface area contributed by atoms with Crippen LogP contribution in [0.4, 0.5) is 0 Å². The first-order valence-corrected chi connectivity index (χ1v) is 18.5. The van der Waals surface area contributed by atoms with Crippen LogP contribution in [0.3, 0.4) is 0 Å². The third-order valence-electron chi connectivity index (χ3n) is 9.07. The standard InChI is InChI=1S/C37H74N2/c1-4-7-10-13-16-18-19-20-22-25-28-31-34-39-36-35-38(33-30-27-24-21-17-14-11-8-5-2)37(39)32-29-26-23-15-12-9-6-3/h35-37H,4-34H2,1-3H3. The Morgan fingerprint density at radius 1 is 0.333 bits per heavy atom. The lowest BCUT2D eigenvalue weighted by molar-refractivity contribution is 0.135. The molecule has 1 rings (SSSR count). The summed E-state index contributed by atoms with van der Waals surface area (Å²) in [5, 5.41) is 0. The van der Waals surface area contributed by atoms with Crippen molar-refractivity contribution in [3.8, 4) is 0 Å². The minimum Gasteiger partial charge on any atom is -0.356 e. The number of rotatable bonds is 31. The molecule has 0 N–H and O–H groups in total. The Balaban J connectivity index is 2.21. The second-order valence-electron chi connectivity index (χ2n) is 12.9. The van der Waals surface area contributed by atoms with Crippen molar-refractivity contribution < 1.29 is 0 Å². The second-order valence-corrected chi connectivity index (χ2v) is 12.9. The molecule has 39 heavy (non-hydrogen) atoms. The average Bonchev–Trinajstić information content (AvgIpc) is 3.33. The molecule has 0 aliphatic carbocycles. The summed E-state index contributed by atoms with van der Waals surface area (Å²) in [5.74, 6) is 0. The highest BCUT2D eigenvalue weighted by atomic mass is 15.4. The summed E-state index contributed by atoms with van der Waals surface area (Å²) < 4.78 is 0. The lowest BCUT2D eigenvalue weighted by Gasteiger charge is -2.33. The Hall–Kier alpha value is -0.660. The van der Waals surface area contributed by atoms with Crippen LogP contribution < -0.4 is 0 Å². The molecule has 232 valence electrons. The molecule has 0 radical (unpaired) electrons. The number of hydrogen-bond acceptors (Lipinski definition) is 2. The maximum Gasteiger partial charge on any atom is 0.101 e. The molecule has 0 spiro atoms. The van der Waals surface area contributed by atoms with Crippen LogP contribution in [0.25, 0.3) is 0 Å². The number of hydrogen-bond donors (Lipinski definition) is 0. The monoisotopic (exact) mass is 547 g/mol. The van der Waals surface area contributed by atoms with E-state index in [1.54, 1.807) is 0 Å². The van der Waals surface area contributed by atoms with E-state index in [0.29, 0.717) is 6.17 Å². The van der Waals surface area contributed by atoms with Crippen molar-refractivity contribution in [3.63, 3.8) is 0 Å². The van der Waals surface area contributed by atoms with Crippen molar-refractivity contribution in [2.45, 2.75) is 213 Å². The molecule has 1 atom stereocenters. The first-order valence-electron chi connectivity index (χ1n) is 18.5. The van der Waals surface area contributed by atoms with Crippen LogP contribution >= 0.6 is 0 Å². The van der Waals surface area contributed by atoms with E-state index in [9.17, 15) is 0 Å². The van der Waals surface area contributed by atoms with E-state index in [4.69, 9.17) is 0 Å². The van der Waals surface area contributed by atoms with Crippen LogP contribution in [0.15, 0.2) is 12.4 Å². The number of unbranched alkanes of at least 4 members (excludes halogenated alkanes) is 25. The highest BCUT2D eigenvalue weighted by Gasteiger charge is 2.24. The summed E-state index contributed by atoms with van der Waals surface area (Å²) in [6, 6.07) is 0. The summed E-state index contributed by atoms with van der Waals surface area (Å²) in [5.41, 5.74) is 0. The van der Waals surface area contributed by atoms with Gasteiger partial charge in [-0.05, 0) is 25.7 Å². The maximum absolute atomic E-state index is 2.71. The molecule has 0 saturated carbocycles. The summed E-state index contributed by atoms with van der Waals surface area (Å²) >= 11 is 0. The third-order valence-corrected chi connectivity index (χ3v) is 9.07. The Bertz CT molecular complexity index is 502. The molecule has 0 aromatic heterocycles. The van der Waals surface area contributed by atoms with Gasteiger partial charge in [0, 0.05) is 25.5 Å². The summed E-state index contributed by atoms with van der Waals surface area (Å²) in [6.45, 7) is 9.48. The number of nitrogens with zero attached hydrogens (tertiary/aromatic N) is 2. The fraction of sp³-hybridized carbons (Fsp3) is 0.946. The molecule has 1 unspecified atom stereocenters. The molecule has 0 aromatic carbocycles. The lowest BCUT2D eigenvalue weighted by Crippen LogP contribution is -2.39. The van der Waals surface area contributed by atoms with Crippen molar-refractivity contribution in [2.24, 2.45) is 0 Å². The molecule has 1 heterocycles. The summed E-state index contributed by atoms with van der Waals surface area (Å²) in [6.07, 6.45) is 46.9. The van der Waals surface area contributed by atoms with Crippen LogP contribution in [0, 0.1) is 0 Å². The second kappa shape index (κ2) is 28.9. The van der Waals surface area contributed by atoms with E-state index in [2.05, 4.69) is 43.0 Å². The van der Waals surface area contributed by atoms with E-state index in [0.717, 1.165) is 0 Å². The van der Waals surface area contributed by atoms with E-state index in [1.165, 1.54) is 199 Å². The summed E-state index contributed by atoms with van der Waals surface area (Å²) in [7, 11) is 0. The normalized spacial score (nSPS) is 15.2. The van der Waals surface area contributed by atoms with Crippen molar-refractivity contribution in [1.82, 2.24) is 9.80 Å². The molecule has 0 saturated heterocycles. The fourth-order valence-electron chi connectivity index (χ4n) is 6.36. The molecule has 2 heteroatoms. The average molecular weight is 547 g/mol. The van der Waals surface area contributed by atoms with Crippen molar-refractivity contribution >= 4 is 0 Å². The zero-order valence-electron chi connectivity index (χ0n) is 27.5. The van der Waals surface area contributed by atoms with Gasteiger partial charge in [0.1, 0.15) is 6.17 Å². The van der Waals surface area contributed by atoms with Gasteiger partial charge in [-0.25, -0.2) is 0 Å². The van der Waals surface area contributed by atoms with E-state index >= 15 is 0 Å². The Kier molecular flexibility index (Phi) is 26.9. The molecule has 0 amide bonds. The van der Waals surface area contributed by atoms with Gasteiger partial charge >= 0.3 is 0 Å². The van der Waals surface area contributed by atoms with E-state index in [-0.39, 0.29) is 0 Å². The lowest BCUT2D eigenvalue weighted by atomic mass is 10.0. The zero-order chi connectivity index (χ0) is 28.1. The smallest absolute Gasteiger partial charge is 0.101 e. The van der Waals surface area contributed by atoms with Crippen LogP contribution in [-0.4, -0.2) is 29.1 Å². The van der Waals surface area contributed by atoms with Crippen LogP contribution in [0.2, 0.25) is 0 Å². The quantitative estimate of drug-likeness (QED) is 0.0798. The molecular formula is C37H74N2. The largest absolute Gasteiger partial charge is 0.356 e. The molecule has 1 aliphatic heterocycles. The van der Waals surface area contributed by atoms with Gasteiger partial charge < -0.3 is 9.80 Å². The van der Waals surface area contributed by atoms with E-state index in [1.807, 2.05) is 0 Å². The molecule has 0 bridgehead atoms. The van der Waals surface area contributed by atoms with Crippen LogP contribution in [0.5, 0.6) is 0 Å². The molecule has 0 aromatic rings.